The summed E-state index contributed by atoms with van der Waals surface area (Å²) in [5, 5.41) is 8.56. The molecule has 0 aliphatic rings. The number of hydrogen-bond donors (Lipinski definition) is 1. The average molecular weight is 218 g/mol. The van der Waals surface area contributed by atoms with Crippen LogP contribution in [0.15, 0.2) is 0 Å². The Bertz CT molecular complexity index is 122. The lowest BCUT2D eigenvalue weighted by molar-refractivity contribution is -0.0577. The zero-order chi connectivity index (χ0) is 11.5. The summed E-state index contributed by atoms with van der Waals surface area (Å²) >= 11 is 0. The van der Waals surface area contributed by atoms with E-state index in [2.05, 4.69) is 13.8 Å². The summed E-state index contributed by atoms with van der Waals surface area (Å²) in [6, 6.07) is 0. The minimum Gasteiger partial charge on any atom is -0.394 e. The normalized spacial score (nSPS) is 13.4. The van der Waals surface area contributed by atoms with Crippen LogP contribution < -0.4 is 0 Å². The molecular formula is C12H26O3. The van der Waals surface area contributed by atoms with Gasteiger partial charge in [0.25, 0.3) is 0 Å². The van der Waals surface area contributed by atoms with Crippen molar-refractivity contribution in [3.63, 3.8) is 0 Å². The lowest BCUT2D eigenvalue weighted by atomic mass is 10.1. The van der Waals surface area contributed by atoms with Gasteiger partial charge in [-0.3, -0.25) is 0 Å². The van der Waals surface area contributed by atoms with Crippen molar-refractivity contribution in [3.05, 3.63) is 0 Å². The molecule has 0 aliphatic heterocycles. The van der Waals surface area contributed by atoms with Gasteiger partial charge in [0.1, 0.15) is 0 Å². The van der Waals surface area contributed by atoms with Gasteiger partial charge >= 0.3 is 0 Å². The van der Waals surface area contributed by atoms with Gasteiger partial charge in [-0.2, -0.15) is 0 Å². The first-order valence-electron chi connectivity index (χ1n) is 6.08. The van der Waals surface area contributed by atoms with Crippen LogP contribution >= 0.6 is 0 Å². The SMILES string of the molecule is CCCC(CCC)OC(C)COCCO. The molecule has 0 saturated heterocycles. The molecule has 0 fully saturated rings. The Balaban J connectivity index is 3.62. The van der Waals surface area contributed by atoms with E-state index < -0.39 is 0 Å². The first kappa shape index (κ1) is 14.9. The summed E-state index contributed by atoms with van der Waals surface area (Å²) in [7, 11) is 0. The smallest absolute Gasteiger partial charge is 0.0784 e. The third-order valence-corrected chi connectivity index (χ3v) is 2.23. The molecule has 1 atom stereocenters. The molecule has 0 amide bonds. The second-order valence-electron chi connectivity index (χ2n) is 3.94. The van der Waals surface area contributed by atoms with E-state index in [-0.39, 0.29) is 12.7 Å². The predicted octanol–water partition coefficient (Wildman–Crippen LogP) is 2.37. The highest BCUT2D eigenvalue weighted by atomic mass is 16.5. The molecule has 92 valence electrons. The van der Waals surface area contributed by atoms with Gasteiger partial charge in [0.15, 0.2) is 0 Å². The van der Waals surface area contributed by atoms with E-state index in [4.69, 9.17) is 14.6 Å². The standard InChI is InChI=1S/C12H26O3/c1-4-6-12(7-5-2)15-11(3)10-14-9-8-13/h11-13H,4-10H2,1-3H3. The molecule has 15 heavy (non-hydrogen) atoms. The Labute approximate surface area is 93.8 Å². The van der Waals surface area contributed by atoms with Crippen LogP contribution in [0.4, 0.5) is 0 Å². The van der Waals surface area contributed by atoms with Crippen LogP contribution in [0.1, 0.15) is 46.5 Å². The number of ether oxygens (including phenoxy) is 2. The van der Waals surface area contributed by atoms with Gasteiger partial charge in [-0.05, 0) is 19.8 Å². The summed E-state index contributed by atoms with van der Waals surface area (Å²) in [6.07, 6.45) is 5.06. The van der Waals surface area contributed by atoms with Gasteiger partial charge < -0.3 is 14.6 Å². The zero-order valence-electron chi connectivity index (χ0n) is 10.4. The van der Waals surface area contributed by atoms with Crippen molar-refractivity contribution in [1.82, 2.24) is 0 Å². The topological polar surface area (TPSA) is 38.7 Å². The molecule has 0 bridgehead atoms. The maximum absolute atomic E-state index is 8.56. The molecule has 3 nitrogen and oxygen atoms in total. The van der Waals surface area contributed by atoms with Crippen molar-refractivity contribution in [1.29, 1.82) is 0 Å². The Morgan fingerprint density at radius 2 is 1.73 bits per heavy atom. The molecule has 0 rings (SSSR count). The van der Waals surface area contributed by atoms with Crippen LogP contribution in [0.2, 0.25) is 0 Å². The highest BCUT2D eigenvalue weighted by Gasteiger charge is 2.11. The van der Waals surface area contributed by atoms with E-state index in [0.717, 1.165) is 25.7 Å². The van der Waals surface area contributed by atoms with E-state index in [1.165, 1.54) is 0 Å². The summed E-state index contributed by atoms with van der Waals surface area (Å²) in [5.41, 5.74) is 0. The quantitative estimate of drug-likeness (QED) is 0.572. The van der Waals surface area contributed by atoms with E-state index in [0.29, 0.717) is 19.3 Å². The molecule has 0 aromatic carbocycles. The molecule has 0 aromatic rings. The molecule has 0 radical (unpaired) electrons. The maximum atomic E-state index is 8.56. The molecule has 0 aromatic heterocycles. The van der Waals surface area contributed by atoms with E-state index in [9.17, 15) is 0 Å². The maximum Gasteiger partial charge on any atom is 0.0784 e. The second-order valence-corrected chi connectivity index (χ2v) is 3.94. The third-order valence-electron chi connectivity index (χ3n) is 2.23. The highest BCUT2D eigenvalue weighted by Crippen LogP contribution is 2.11. The van der Waals surface area contributed by atoms with Crippen molar-refractivity contribution < 1.29 is 14.6 Å². The van der Waals surface area contributed by atoms with E-state index >= 15 is 0 Å². The molecular weight excluding hydrogens is 192 g/mol. The number of hydrogen-bond acceptors (Lipinski definition) is 3. The van der Waals surface area contributed by atoms with Gasteiger partial charge in [0, 0.05) is 0 Å². The molecule has 0 aliphatic carbocycles. The van der Waals surface area contributed by atoms with Crippen molar-refractivity contribution in [2.24, 2.45) is 0 Å². The van der Waals surface area contributed by atoms with Gasteiger partial charge in [-0.25, -0.2) is 0 Å². The van der Waals surface area contributed by atoms with E-state index in [1.54, 1.807) is 0 Å². The van der Waals surface area contributed by atoms with Crippen molar-refractivity contribution in [2.45, 2.75) is 58.7 Å². The fraction of sp³-hybridized carbons (Fsp3) is 1.00. The number of rotatable bonds is 10. The molecule has 3 heteroatoms. The molecule has 0 spiro atoms. The molecule has 0 saturated carbocycles. The Morgan fingerprint density at radius 1 is 1.13 bits per heavy atom. The summed E-state index contributed by atoms with van der Waals surface area (Å²) in [5.74, 6) is 0. The van der Waals surface area contributed by atoms with Crippen LogP contribution in [-0.2, 0) is 9.47 Å². The van der Waals surface area contributed by atoms with Gasteiger partial charge in [-0.1, -0.05) is 26.7 Å². The van der Waals surface area contributed by atoms with Gasteiger partial charge in [0.05, 0.1) is 32.0 Å². The first-order chi connectivity index (χ1) is 7.24. The molecule has 1 N–H and O–H groups in total. The first-order valence-corrected chi connectivity index (χ1v) is 6.08. The van der Waals surface area contributed by atoms with Crippen LogP contribution in [0.3, 0.4) is 0 Å². The molecule has 0 heterocycles. The Morgan fingerprint density at radius 3 is 2.20 bits per heavy atom. The Kier molecular flexibility index (Phi) is 10.3. The minimum absolute atomic E-state index is 0.0834. The minimum atomic E-state index is 0.0834. The highest BCUT2D eigenvalue weighted by molar-refractivity contribution is 4.59. The number of aliphatic hydroxyl groups is 1. The van der Waals surface area contributed by atoms with Crippen molar-refractivity contribution >= 4 is 0 Å². The van der Waals surface area contributed by atoms with Crippen molar-refractivity contribution in [3.8, 4) is 0 Å². The van der Waals surface area contributed by atoms with Crippen molar-refractivity contribution in [2.75, 3.05) is 19.8 Å². The van der Waals surface area contributed by atoms with Crippen LogP contribution in [0, 0.1) is 0 Å². The Hall–Kier alpha value is -0.120. The predicted molar refractivity (Wildman–Crippen MR) is 62.1 cm³/mol. The fourth-order valence-corrected chi connectivity index (χ4v) is 1.61. The molecule has 1 unspecified atom stereocenters. The van der Waals surface area contributed by atoms with Crippen LogP contribution in [0.5, 0.6) is 0 Å². The average Bonchev–Trinajstić information content (AvgIpc) is 2.19. The second kappa shape index (κ2) is 10.4. The van der Waals surface area contributed by atoms with Gasteiger partial charge in [0.2, 0.25) is 0 Å². The number of aliphatic hydroxyl groups excluding tert-OH is 1. The lowest BCUT2D eigenvalue weighted by Crippen LogP contribution is -2.24. The monoisotopic (exact) mass is 218 g/mol. The zero-order valence-corrected chi connectivity index (χ0v) is 10.4. The van der Waals surface area contributed by atoms with Crippen LogP contribution in [-0.4, -0.2) is 37.1 Å². The van der Waals surface area contributed by atoms with E-state index in [1.807, 2.05) is 6.92 Å². The summed E-state index contributed by atoms with van der Waals surface area (Å²) in [4.78, 5) is 0. The third kappa shape index (κ3) is 8.85. The lowest BCUT2D eigenvalue weighted by Gasteiger charge is -2.21. The largest absolute Gasteiger partial charge is 0.394 e. The van der Waals surface area contributed by atoms with Gasteiger partial charge in [-0.15, -0.1) is 0 Å². The summed E-state index contributed by atoms with van der Waals surface area (Å²) in [6.45, 7) is 7.44. The summed E-state index contributed by atoms with van der Waals surface area (Å²) < 4.78 is 11.1. The van der Waals surface area contributed by atoms with Crippen LogP contribution in [0.25, 0.3) is 0 Å². The fourth-order valence-electron chi connectivity index (χ4n) is 1.61.